The van der Waals surface area contributed by atoms with E-state index in [-0.39, 0.29) is 6.42 Å². The fraction of sp³-hybridized carbons (Fsp3) is 0.333. The van der Waals surface area contributed by atoms with Gasteiger partial charge in [0.05, 0.1) is 0 Å². The van der Waals surface area contributed by atoms with E-state index in [4.69, 9.17) is 18.1 Å². The molecule has 0 aliphatic heterocycles. The first-order valence-electron chi connectivity index (χ1n) is 3.07. The summed E-state index contributed by atoms with van der Waals surface area (Å²) in [4.78, 5) is 11.0. The Hall–Kier alpha value is -1.72. The largest absolute Gasteiger partial charge is 0.296 e. The number of Topliss-reactive ketones (excluding diaryl/α,β-unsaturated/α-hetero) is 1. The van der Waals surface area contributed by atoms with Crippen LogP contribution in [0, 0.1) is 41.4 Å². The Balaban J connectivity index is 4.98. The smallest absolute Gasteiger partial charge is 0.234 e. The summed E-state index contributed by atoms with van der Waals surface area (Å²) in [6.07, 6.45) is 10.1. The summed E-state index contributed by atoms with van der Waals surface area (Å²) < 4.78 is 0. The number of hydrogen-bond acceptors (Lipinski definition) is 2. The van der Waals surface area contributed by atoms with E-state index < -0.39 is 11.2 Å². The number of rotatable bonds is 2. The molecule has 2 heteroatoms. The van der Waals surface area contributed by atoms with Crippen LogP contribution in [0.25, 0.3) is 0 Å². The summed E-state index contributed by atoms with van der Waals surface area (Å²) in [7, 11) is 0. The average Bonchev–Trinajstić information content (AvgIpc) is 2.08. The van der Waals surface area contributed by atoms with Crippen molar-refractivity contribution in [2.45, 2.75) is 13.3 Å². The van der Waals surface area contributed by atoms with E-state index in [1.165, 1.54) is 0 Å². The Morgan fingerprint density at radius 2 is 2.00 bits per heavy atom. The fourth-order valence-corrected chi connectivity index (χ4v) is 0.595. The van der Waals surface area contributed by atoms with Gasteiger partial charge in [-0.2, -0.15) is 5.26 Å². The van der Waals surface area contributed by atoms with Gasteiger partial charge in [-0.1, -0.05) is 18.8 Å². The molecule has 0 fully saturated rings. The molecule has 0 rings (SSSR count). The molecular weight excluding hydrogens is 138 g/mol. The summed E-state index contributed by atoms with van der Waals surface area (Å²) >= 11 is 0. The molecule has 0 spiro atoms. The first kappa shape index (κ1) is 9.28. The van der Waals surface area contributed by atoms with E-state index in [0.717, 1.165) is 0 Å². The van der Waals surface area contributed by atoms with E-state index in [1.807, 2.05) is 11.8 Å². The van der Waals surface area contributed by atoms with Gasteiger partial charge in [0.1, 0.15) is 6.07 Å². The quantitative estimate of drug-likeness (QED) is 0.538. The number of nitriles is 1. The summed E-state index contributed by atoms with van der Waals surface area (Å²) in [5.41, 5.74) is -1.64. The highest BCUT2D eigenvalue weighted by Crippen LogP contribution is 2.16. The van der Waals surface area contributed by atoms with Crippen molar-refractivity contribution < 1.29 is 4.79 Å². The van der Waals surface area contributed by atoms with Crippen molar-refractivity contribution in [3.05, 3.63) is 0 Å². The maximum atomic E-state index is 11.0. The highest BCUT2D eigenvalue weighted by atomic mass is 16.1. The highest BCUT2D eigenvalue weighted by molar-refractivity contribution is 5.93. The van der Waals surface area contributed by atoms with Gasteiger partial charge in [0.25, 0.3) is 0 Å². The highest BCUT2D eigenvalue weighted by Gasteiger charge is 2.32. The molecule has 2 nitrogen and oxygen atoms in total. The van der Waals surface area contributed by atoms with Crippen LogP contribution in [0.1, 0.15) is 13.3 Å². The van der Waals surface area contributed by atoms with Crippen molar-refractivity contribution in [2.24, 2.45) is 5.41 Å². The monoisotopic (exact) mass is 145 g/mol. The zero-order valence-corrected chi connectivity index (χ0v) is 6.22. The molecule has 54 valence electrons. The van der Waals surface area contributed by atoms with Gasteiger partial charge in [0.15, 0.2) is 5.78 Å². The molecule has 0 unspecified atom stereocenters. The van der Waals surface area contributed by atoms with Crippen molar-refractivity contribution in [1.29, 1.82) is 5.26 Å². The third-order valence-corrected chi connectivity index (χ3v) is 1.34. The third-order valence-electron chi connectivity index (χ3n) is 1.34. The second kappa shape index (κ2) is 3.45. The SMILES string of the molecule is C#CC(C#C)(C#N)C(=O)CC. The number of carbonyl (C=O) groups is 1. The number of carbonyl (C=O) groups excluding carboxylic acids is 1. The first-order valence-corrected chi connectivity index (χ1v) is 3.07. The number of ketones is 1. The summed E-state index contributed by atoms with van der Waals surface area (Å²) in [6.45, 7) is 1.61. The van der Waals surface area contributed by atoms with Gasteiger partial charge in [0.2, 0.25) is 5.41 Å². The van der Waals surface area contributed by atoms with Crippen LogP contribution >= 0.6 is 0 Å². The van der Waals surface area contributed by atoms with Crippen LogP contribution in [0.4, 0.5) is 0 Å². The summed E-state index contributed by atoms with van der Waals surface area (Å²) in [5.74, 6) is 3.64. The van der Waals surface area contributed by atoms with Crippen LogP contribution in [0.3, 0.4) is 0 Å². The normalized spacial score (nSPS) is 8.91. The zero-order valence-electron chi connectivity index (χ0n) is 6.22. The van der Waals surface area contributed by atoms with Gasteiger partial charge in [0, 0.05) is 6.42 Å². The Labute approximate surface area is 66.2 Å². The molecule has 0 radical (unpaired) electrons. The van der Waals surface area contributed by atoms with Gasteiger partial charge >= 0.3 is 0 Å². The molecule has 0 aromatic heterocycles. The predicted octanol–water partition coefficient (Wildman–Crippen LogP) is 0.742. The second-order valence-electron chi connectivity index (χ2n) is 1.93. The fourth-order valence-electron chi connectivity index (χ4n) is 0.595. The summed E-state index contributed by atoms with van der Waals surface area (Å²) in [6, 6.07) is 1.64. The molecule has 0 saturated carbocycles. The topological polar surface area (TPSA) is 40.9 Å². The Morgan fingerprint density at radius 1 is 1.55 bits per heavy atom. The number of hydrogen-bond donors (Lipinski definition) is 0. The first-order chi connectivity index (χ1) is 5.16. The lowest BCUT2D eigenvalue weighted by Gasteiger charge is -2.08. The molecule has 0 aromatic rings. The molecule has 0 heterocycles. The number of nitrogens with zero attached hydrogens (tertiary/aromatic N) is 1. The lowest BCUT2D eigenvalue weighted by molar-refractivity contribution is -0.121. The zero-order chi connectivity index (χ0) is 8.91. The minimum absolute atomic E-state index is 0.182. The molecular formula is C9H7NO. The molecule has 0 saturated heterocycles. The minimum atomic E-state index is -1.64. The van der Waals surface area contributed by atoms with Crippen LogP contribution in [0.15, 0.2) is 0 Å². The maximum Gasteiger partial charge on any atom is 0.234 e. The van der Waals surface area contributed by atoms with E-state index in [1.54, 1.807) is 13.0 Å². The predicted molar refractivity (Wildman–Crippen MR) is 41.0 cm³/mol. The van der Waals surface area contributed by atoms with Crippen molar-refractivity contribution in [2.75, 3.05) is 0 Å². The number of terminal acetylenes is 2. The van der Waals surface area contributed by atoms with Crippen molar-refractivity contribution in [1.82, 2.24) is 0 Å². The van der Waals surface area contributed by atoms with Crippen molar-refractivity contribution in [3.63, 3.8) is 0 Å². The molecule has 0 aromatic carbocycles. The average molecular weight is 145 g/mol. The van der Waals surface area contributed by atoms with Crippen molar-refractivity contribution in [3.8, 4) is 30.8 Å². The maximum absolute atomic E-state index is 11.0. The van der Waals surface area contributed by atoms with Crippen LogP contribution in [-0.4, -0.2) is 5.78 Å². The van der Waals surface area contributed by atoms with E-state index >= 15 is 0 Å². The van der Waals surface area contributed by atoms with Crippen molar-refractivity contribution >= 4 is 5.78 Å². The molecule has 11 heavy (non-hydrogen) atoms. The Morgan fingerprint density at radius 3 is 2.09 bits per heavy atom. The van der Waals surface area contributed by atoms with Crippen LogP contribution in [0.5, 0.6) is 0 Å². The summed E-state index contributed by atoms with van der Waals surface area (Å²) in [5, 5.41) is 8.52. The molecule has 0 aliphatic carbocycles. The molecule has 0 N–H and O–H groups in total. The molecule has 0 atom stereocenters. The standard InChI is InChI=1S/C9H7NO/c1-4-8(11)9(5-2,6-3)7-10/h2-3H,4H2,1H3. The Kier molecular flexibility index (Phi) is 2.91. The van der Waals surface area contributed by atoms with E-state index in [2.05, 4.69) is 0 Å². The minimum Gasteiger partial charge on any atom is -0.296 e. The van der Waals surface area contributed by atoms with Gasteiger partial charge < -0.3 is 0 Å². The van der Waals surface area contributed by atoms with Gasteiger partial charge in [-0.25, -0.2) is 0 Å². The van der Waals surface area contributed by atoms with Crippen LogP contribution in [-0.2, 0) is 4.79 Å². The lowest BCUT2D eigenvalue weighted by Crippen LogP contribution is -2.25. The van der Waals surface area contributed by atoms with Gasteiger partial charge in [-0.3, -0.25) is 4.79 Å². The molecule has 0 amide bonds. The van der Waals surface area contributed by atoms with Gasteiger partial charge in [-0.15, -0.1) is 12.8 Å². The van der Waals surface area contributed by atoms with E-state index in [0.29, 0.717) is 0 Å². The van der Waals surface area contributed by atoms with E-state index in [9.17, 15) is 4.79 Å². The van der Waals surface area contributed by atoms with Crippen LogP contribution in [0.2, 0.25) is 0 Å². The molecule has 0 aliphatic rings. The van der Waals surface area contributed by atoms with Crippen LogP contribution < -0.4 is 0 Å². The lowest BCUT2D eigenvalue weighted by atomic mass is 9.86. The van der Waals surface area contributed by atoms with Gasteiger partial charge in [-0.05, 0) is 0 Å². The third kappa shape index (κ3) is 1.40. The second-order valence-corrected chi connectivity index (χ2v) is 1.93. The molecule has 0 bridgehead atoms. The Bertz CT molecular complexity index is 246.